The van der Waals surface area contributed by atoms with E-state index in [2.05, 4.69) is 15.5 Å². The molecule has 0 radical (unpaired) electrons. The lowest BCUT2D eigenvalue weighted by atomic mass is 9.95. The molecule has 3 heterocycles. The summed E-state index contributed by atoms with van der Waals surface area (Å²) in [6.07, 6.45) is 5.56. The van der Waals surface area contributed by atoms with Gasteiger partial charge in [-0.1, -0.05) is 11.8 Å². The minimum Gasteiger partial charge on any atom is -0.469 e. The first-order valence-electron chi connectivity index (χ1n) is 10.7. The summed E-state index contributed by atoms with van der Waals surface area (Å²) in [6, 6.07) is 1.86. The molecule has 3 aromatic heterocycles. The number of aromatic nitrogens is 3. The molecular weight excluding hydrogens is 448 g/mol. The van der Waals surface area contributed by atoms with Gasteiger partial charge in [-0.25, -0.2) is 4.79 Å². The number of rotatable bonds is 8. The van der Waals surface area contributed by atoms with Gasteiger partial charge in [-0.3, -0.25) is 4.79 Å². The maximum atomic E-state index is 12.8. The van der Waals surface area contributed by atoms with Crippen molar-refractivity contribution in [3.05, 3.63) is 34.1 Å². The standard InChI is InChI=1S/C22H26N4O4S2/c1-4-26-19(14-10-11-30-13(14)3)24-25-22(26)31-12-17(27)23-20-18(21(28)29-5-2)15-8-6-7-9-16(15)32-20/h10-11H,4-9,12H2,1-3H3,(H,23,27). The van der Waals surface area contributed by atoms with Crippen molar-refractivity contribution in [1.82, 2.24) is 14.8 Å². The lowest BCUT2D eigenvalue weighted by Crippen LogP contribution is -2.17. The van der Waals surface area contributed by atoms with Crippen LogP contribution in [0.2, 0.25) is 0 Å². The maximum Gasteiger partial charge on any atom is 0.341 e. The topological polar surface area (TPSA) is 99.2 Å². The first-order valence-corrected chi connectivity index (χ1v) is 12.6. The zero-order chi connectivity index (χ0) is 22.7. The molecule has 8 nitrogen and oxygen atoms in total. The van der Waals surface area contributed by atoms with Crippen molar-refractivity contribution >= 4 is 40.0 Å². The van der Waals surface area contributed by atoms with Crippen LogP contribution in [0.3, 0.4) is 0 Å². The van der Waals surface area contributed by atoms with Crippen molar-refractivity contribution < 1.29 is 18.7 Å². The summed E-state index contributed by atoms with van der Waals surface area (Å²) in [5.41, 5.74) is 2.45. The Kier molecular flexibility index (Phi) is 7.00. The lowest BCUT2D eigenvalue weighted by molar-refractivity contribution is -0.113. The largest absolute Gasteiger partial charge is 0.469 e. The van der Waals surface area contributed by atoms with Crippen molar-refractivity contribution in [3.63, 3.8) is 0 Å². The molecule has 0 atom stereocenters. The van der Waals surface area contributed by atoms with Crippen LogP contribution < -0.4 is 5.32 Å². The van der Waals surface area contributed by atoms with Crippen LogP contribution in [-0.2, 0) is 28.9 Å². The number of ether oxygens (including phenoxy) is 1. The molecule has 32 heavy (non-hydrogen) atoms. The van der Waals surface area contributed by atoms with Crippen molar-refractivity contribution in [3.8, 4) is 11.4 Å². The van der Waals surface area contributed by atoms with Gasteiger partial charge in [0.1, 0.15) is 10.8 Å². The van der Waals surface area contributed by atoms with E-state index in [1.807, 2.05) is 24.5 Å². The van der Waals surface area contributed by atoms with Gasteiger partial charge < -0.3 is 19.0 Å². The number of carbonyl (C=O) groups is 2. The molecule has 1 N–H and O–H groups in total. The summed E-state index contributed by atoms with van der Waals surface area (Å²) in [6.45, 7) is 6.65. The van der Waals surface area contributed by atoms with E-state index in [0.29, 0.717) is 28.9 Å². The lowest BCUT2D eigenvalue weighted by Gasteiger charge is -2.12. The number of carbonyl (C=O) groups excluding carboxylic acids is 2. The molecule has 170 valence electrons. The summed E-state index contributed by atoms with van der Waals surface area (Å²) in [5.74, 6) is 1.10. The number of thioether (sulfide) groups is 1. The van der Waals surface area contributed by atoms with E-state index < -0.39 is 0 Å². The molecule has 10 heteroatoms. The fraction of sp³-hybridized carbons (Fsp3) is 0.455. The van der Waals surface area contributed by atoms with Gasteiger partial charge in [0.15, 0.2) is 11.0 Å². The van der Waals surface area contributed by atoms with Gasteiger partial charge in [-0.15, -0.1) is 21.5 Å². The van der Waals surface area contributed by atoms with E-state index in [-0.39, 0.29) is 17.6 Å². The molecule has 3 aromatic rings. The van der Waals surface area contributed by atoms with E-state index in [0.717, 1.165) is 48.4 Å². The van der Waals surface area contributed by atoms with Crippen LogP contribution in [0.25, 0.3) is 11.4 Å². The highest BCUT2D eigenvalue weighted by Crippen LogP contribution is 2.38. The summed E-state index contributed by atoms with van der Waals surface area (Å²) in [5, 5.41) is 12.8. The van der Waals surface area contributed by atoms with Crippen LogP contribution in [0.5, 0.6) is 0 Å². The summed E-state index contributed by atoms with van der Waals surface area (Å²) in [7, 11) is 0. The van der Waals surface area contributed by atoms with E-state index in [1.165, 1.54) is 28.0 Å². The van der Waals surface area contributed by atoms with Crippen LogP contribution in [0.1, 0.15) is 53.2 Å². The average Bonchev–Trinajstić information content (AvgIpc) is 3.47. The SMILES string of the molecule is CCOC(=O)c1c(NC(=O)CSc2nnc(-c3ccoc3C)n2CC)sc2c1CCCC2. The molecule has 1 amide bonds. The smallest absolute Gasteiger partial charge is 0.341 e. The maximum absolute atomic E-state index is 12.8. The Balaban J connectivity index is 1.48. The van der Waals surface area contributed by atoms with Gasteiger partial charge in [0.25, 0.3) is 0 Å². The van der Waals surface area contributed by atoms with Crippen LogP contribution in [-0.4, -0.2) is 39.0 Å². The number of furan rings is 1. The number of hydrogen-bond acceptors (Lipinski definition) is 8. The predicted octanol–water partition coefficient (Wildman–Crippen LogP) is 4.71. The Morgan fingerprint density at radius 3 is 2.81 bits per heavy atom. The second-order valence-electron chi connectivity index (χ2n) is 7.41. The number of nitrogens with one attached hydrogen (secondary N) is 1. The van der Waals surface area contributed by atoms with E-state index in [1.54, 1.807) is 13.2 Å². The van der Waals surface area contributed by atoms with Gasteiger partial charge in [-0.05, 0) is 58.1 Å². The average molecular weight is 475 g/mol. The van der Waals surface area contributed by atoms with Crippen molar-refractivity contribution in [2.24, 2.45) is 0 Å². The minimum atomic E-state index is -0.360. The Morgan fingerprint density at radius 2 is 2.09 bits per heavy atom. The number of anilines is 1. The number of nitrogens with zero attached hydrogens (tertiary/aromatic N) is 3. The van der Waals surface area contributed by atoms with E-state index >= 15 is 0 Å². The number of esters is 1. The molecule has 4 rings (SSSR count). The third-order valence-electron chi connectivity index (χ3n) is 5.37. The Hall–Kier alpha value is -2.59. The zero-order valence-corrected chi connectivity index (χ0v) is 20.0. The molecule has 1 aliphatic rings. The van der Waals surface area contributed by atoms with Crippen LogP contribution in [0.4, 0.5) is 5.00 Å². The zero-order valence-electron chi connectivity index (χ0n) is 18.4. The number of fused-ring (bicyclic) bond motifs is 1. The van der Waals surface area contributed by atoms with E-state index in [4.69, 9.17) is 9.15 Å². The fourth-order valence-corrected chi connectivity index (χ4v) is 5.96. The Bertz CT molecular complexity index is 1130. The molecule has 1 aliphatic carbocycles. The third kappa shape index (κ3) is 4.47. The second-order valence-corrected chi connectivity index (χ2v) is 9.46. The minimum absolute atomic E-state index is 0.160. The van der Waals surface area contributed by atoms with Crippen molar-refractivity contribution in [1.29, 1.82) is 0 Å². The number of aryl methyl sites for hydroxylation is 2. The highest BCUT2D eigenvalue weighted by Gasteiger charge is 2.27. The predicted molar refractivity (Wildman–Crippen MR) is 124 cm³/mol. The van der Waals surface area contributed by atoms with Gasteiger partial charge in [0.2, 0.25) is 5.91 Å². The summed E-state index contributed by atoms with van der Waals surface area (Å²) < 4.78 is 12.6. The number of amides is 1. The Labute approximate surface area is 194 Å². The quantitative estimate of drug-likeness (QED) is 0.373. The molecule has 0 spiro atoms. The molecule has 0 unspecified atom stereocenters. The third-order valence-corrected chi connectivity index (χ3v) is 7.54. The van der Waals surface area contributed by atoms with Gasteiger partial charge >= 0.3 is 5.97 Å². The normalized spacial score (nSPS) is 13.1. The fourth-order valence-electron chi connectivity index (χ4n) is 3.86. The first-order chi connectivity index (χ1) is 15.5. The second kappa shape index (κ2) is 9.91. The van der Waals surface area contributed by atoms with Crippen LogP contribution in [0, 0.1) is 6.92 Å². The summed E-state index contributed by atoms with van der Waals surface area (Å²) in [4.78, 5) is 26.5. The molecule has 0 aromatic carbocycles. The molecular formula is C22H26N4O4S2. The highest BCUT2D eigenvalue weighted by atomic mass is 32.2. The van der Waals surface area contributed by atoms with E-state index in [9.17, 15) is 9.59 Å². The molecule has 0 aliphatic heterocycles. The summed E-state index contributed by atoms with van der Waals surface area (Å²) >= 11 is 2.81. The first kappa shape index (κ1) is 22.6. The van der Waals surface area contributed by atoms with Crippen molar-refractivity contribution in [2.45, 2.75) is 58.2 Å². The molecule has 0 bridgehead atoms. The van der Waals surface area contributed by atoms with Gasteiger partial charge in [0, 0.05) is 11.4 Å². The number of thiophene rings is 1. The molecule has 0 fully saturated rings. The van der Waals surface area contributed by atoms with Crippen molar-refractivity contribution in [2.75, 3.05) is 17.7 Å². The van der Waals surface area contributed by atoms with Gasteiger partial charge in [0.05, 0.1) is 29.7 Å². The van der Waals surface area contributed by atoms with Crippen LogP contribution in [0.15, 0.2) is 21.9 Å². The van der Waals surface area contributed by atoms with Gasteiger partial charge in [-0.2, -0.15) is 0 Å². The Morgan fingerprint density at radius 1 is 1.28 bits per heavy atom. The van der Waals surface area contributed by atoms with Crippen LogP contribution >= 0.6 is 23.1 Å². The monoisotopic (exact) mass is 474 g/mol. The molecule has 0 saturated carbocycles. The number of hydrogen-bond donors (Lipinski definition) is 1. The highest BCUT2D eigenvalue weighted by molar-refractivity contribution is 7.99. The molecule has 0 saturated heterocycles.